The first-order chi connectivity index (χ1) is 9.29. The standard InChI is InChI=1S/C18H27N/c1-3-19-18(13(2)14-10-11-14)17-9-5-8-16(12-17)15-6-4-7-15/h5,8-9,12-15,18-19H,3-4,6-7,10-11H2,1-2H3. The molecule has 0 aliphatic heterocycles. The lowest BCUT2D eigenvalue weighted by Gasteiger charge is -2.29. The van der Waals surface area contributed by atoms with Crippen molar-refractivity contribution < 1.29 is 0 Å². The molecule has 2 aliphatic rings. The van der Waals surface area contributed by atoms with Gasteiger partial charge in [-0.2, -0.15) is 0 Å². The Bertz CT molecular complexity index is 417. The zero-order chi connectivity index (χ0) is 13.2. The first-order valence-corrected chi connectivity index (χ1v) is 8.13. The van der Waals surface area contributed by atoms with E-state index in [-0.39, 0.29) is 0 Å². The zero-order valence-electron chi connectivity index (χ0n) is 12.4. The summed E-state index contributed by atoms with van der Waals surface area (Å²) in [6, 6.07) is 9.97. The van der Waals surface area contributed by atoms with E-state index in [4.69, 9.17) is 0 Å². The molecule has 2 atom stereocenters. The van der Waals surface area contributed by atoms with Gasteiger partial charge >= 0.3 is 0 Å². The summed E-state index contributed by atoms with van der Waals surface area (Å²) in [6.07, 6.45) is 7.09. The fourth-order valence-corrected chi connectivity index (χ4v) is 3.47. The van der Waals surface area contributed by atoms with E-state index in [2.05, 4.69) is 43.4 Å². The lowest BCUT2D eigenvalue weighted by atomic mass is 9.78. The maximum Gasteiger partial charge on any atom is 0.0348 e. The molecule has 0 aromatic heterocycles. The van der Waals surface area contributed by atoms with Crippen LogP contribution in [0.25, 0.3) is 0 Å². The van der Waals surface area contributed by atoms with Crippen molar-refractivity contribution in [3.05, 3.63) is 35.4 Å². The van der Waals surface area contributed by atoms with Crippen molar-refractivity contribution in [1.29, 1.82) is 0 Å². The molecule has 1 aromatic rings. The second-order valence-electron chi connectivity index (χ2n) is 6.53. The lowest BCUT2D eigenvalue weighted by Crippen LogP contribution is -2.28. The SMILES string of the molecule is CCNC(c1cccc(C2CCC2)c1)C(C)C1CC1. The molecule has 2 fully saturated rings. The van der Waals surface area contributed by atoms with Gasteiger partial charge in [-0.15, -0.1) is 0 Å². The summed E-state index contributed by atoms with van der Waals surface area (Å²) in [5.41, 5.74) is 3.10. The molecule has 3 rings (SSSR count). The molecule has 0 bridgehead atoms. The number of hydrogen-bond acceptors (Lipinski definition) is 1. The van der Waals surface area contributed by atoms with Crippen molar-refractivity contribution in [2.24, 2.45) is 11.8 Å². The van der Waals surface area contributed by atoms with Gasteiger partial charge < -0.3 is 5.32 Å². The molecule has 1 nitrogen and oxygen atoms in total. The third-order valence-corrected chi connectivity index (χ3v) is 5.16. The van der Waals surface area contributed by atoms with Crippen LogP contribution < -0.4 is 5.32 Å². The van der Waals surface area contributed by atoms with E-state index in [1.54, 1.807) is 5.56 Å². The largest absolute Gasteiger partial charge is 0.310 e. The summed E-state index contributed by atoms with van der Waals surface area (Å²) in [5, 5.41) is 3.72. The fourth-order valence-electron chi connectivity index (χ4n) is 3.47. The second kappa shape index (κ2) is 5.66. The van der Waals surface area contributed by atoms with Crippen molar-refractivity contribution in [2.45, 2.75) is 57.9 Å². The molecule has 2 aliphatic carbocycles. The fraction of sp³-hybridized carbons (Fsp3) is 0.667. The highest BCUT2D eigenvalue weighted by molar-refractivity contribution is 5.30. The van der Waals surface area contributed by atoms with Crippen molar-refractivity contribution in [3.63, 3.8) is 0 Å². The Kier molecular flexibility index (Phi) is 3.93. The number of benzene rings is 1. The predicted molar refractivity (Wildman–Crippen MR) is 81.3 cm³/mol. The molecule has 0 radical (unpaired) electrons. The topological polar surface area (TPSA) is 12.0 Å². The lowest BCUT2D eigenvalue weighted by molar-refractivity contribution is 0.354. The molecule has 0 heterocycles. The van der Waals surface area contributed by atoms with Crippen molar-refractivity contribution >= 4 is 0 Å². The van der Waals surface area contributed by atoms with Crippen LogP contribution >= 0.6 is 0 Å². The monoisotopic (exact) mass is 257 g/mol. The molecule has 1 heteroatoms. The quantitative estimate of drug-likeness (QED) is 0.782. The Labute approximate surface area is 117 Å². The Hall–Kier alpha value is -0.820. The molecular formula is C18H27N. The summed E-state index contributed by atoms with van der Waals surface area (Å²) in [4.78, 5) is 0. The molecule has 19 heavy (non-hydrogen) atoms. The minimum Gasteiger partial charge on any atom is -0.310 e. The molecule has 2 saturated carbocycles. The summed E-state index contributed by atoms with van der Waals surface area (Å²) in [7, 11) is 0. The van der Waals surface area contributed by atoms with E-state index in [0.29, 0.717) is 6.04 Å². The third-order valence-electron chi connectivity index (χ3n) is 5.16. The molecular weight excluding hydrogens is 230 g/mol. The van der Waals surface area contributed by atoms with Crippen LogP contribution in [-0.4, -0.2) is 6.54 Å². The van der Waals surface area contributed by atoms with Crippen molar-refractivity contribution in [3.8, 4) is 0 Å². The average molecular weight is 257 g/mol. The van der Waals surface area contributed by atoms with Gasteiger partial charge in [0.05, 0.1) is 0 Å². The average Bonchev–Trinajstić information content (AvgIpc) is 3.17. The van der Waals surface area contributed by atoms with Gasteiger partial charge in [-0.05, 0) is 61.1 Å². The Morgan fingerprint density at radius 2 is 2.00 bits per heavy atom. The minimum atomic E-state index is 0.553. The van der Waals surface area contributed by atoms with Gasteiger partial charge in [-0.3, -0.25) is 0 Å². The molecule has 2 unspecified atom stereocenters. The number of hydrogen-bond donors (Lipinski definition) is 1. The van der Waals surface area contributed by atoms with Crippen molar-refractivity contribution in [2.75, 3.05) is 6.54 Å². The molecule has 0 amide bonds. The van der Waals surface area contributed by atoms with Crippen LogP contribution in [-0.2, 0) is 0 Å². The molecule has 104 valence electrons. The van der Waals surface area contributed by atoms with Crippen LogP contribution in [0.4, 0.5) is 0 Å². The Balaban J connectivity index is 1.79. The smallest absolute Gasteiger partial charge is 0.0348 e. The molecule has 1 N–H and O–H groups in total. The molecule has 0 spiro atoms. The highest BCUT2D eigenvalue weighted by Crippen LogP contribution is 2.43. The van der Waals surface area contributed by atoms with Gasteiger partial charge in [0.25, 0.3) is 0 Å². The van der Waals surface area contributed by atoms with E-state index in [1.165, 1.54) is 37.7 Å². The van der Waals surface area contributed by atoms with Crippen LogP contribution in [0.2, 0.25) is 0 Å². The molecule has 1 aromatic carbocycles. The van der Waals surface area contributed by atoms with Gasteiger partial charge in [0.2, 0.25) is 0 Å². The Morgan fingerprint density at radius 3 is 2.58 bits per heavy atom. The summed E-state index contributed by atoms with van der Waals surface area (Å²) < 4.78 is 0. The van der Waals surface area contributed by atoms with E-state index < -0.39 is 0 Å². The minimum absolute atomic E-state index is 0.553. The summed E-state index contributed by atoms with van der Waals surface area (Å²) in [6.45, 7) is 5.72. The normalized spacial score (nSPS) is 22.8. The Morgan fingerprint density at radius 1 is 1.21 bits per heavy atom. The summed E-state index contributed by atoms with van der Waals surface area (Å²) >= 11 is 0. The number of rotatable bonds is 6. The van der Waals surface area contributed by atoms with Gasteiger partial charge in [0.1, 0.15) is 0 Å². The predicted octanol–water partition coefficient (Wildman–Crippen LogP) is 4.65. The van der Waals surface area contributed by atoms with E-state index in [1.807, 2.05) is 0 Å². The van der Waals surface area contributed by atoms with E-state index in [9.17, 15) is 0 Å². The highest BCUT2D eigenvalue weighted by atomic mass is 14.9. The first kappa shape index (κ1) is 13.2. The number of nitrogens with one attached hydrogen (secondary N) is 1. The maximum absolute atomic E-state index is 3.72. The molecule has 0 saturated heterocycles. The van der Waals surface area contributed by atoms with Gasteiger partial charge in [0, 0.05) is 6.04 Å². The van der Waals surface area contributed by atoms with E-state index in [0.717, 1.165) is 24.3 Å². The first-order valence-electron chi connectivity index (χ1n) is 8.13. The van der Waals surface area contributed by atoms with Crippen LogP contribution in [0, 0.1) is 11.8 Å². The van der Waals surface area contributed by atoms with Crippen molar-refractivity contribution in [1.82, 2.24) is 5.32 Å². The van der Waals surface area contributed by atoms with Crippen LogP contribution in [0.3, 0.4) is 0 Å². The maximum atomic E-state index is 3.72. The third kappa shape index (κ3) is 2.86. The van der Waals surface area contributed by atoms with Gasteiger partial charge in [-0.1, -0.05) is 44.5 Å². The zero-order valence-corrected chi connectivity index (χ0v) is 12.4. The summed E-state index contributed by atoms with van der Waals surface area (Å²) in [5.74, 6) is 2.58. The van der Waals surface area contributed by atoms with Crippen LogP contribution in [0.1, 0.15) is 69.0 Å². The highest BCUT2D eigenvalue weighted by Gasteiger charge is 2.33. The van der Waals surface area contributed by atoms with Crippen LogP contribution in [0.5, 0.6) is 0 Å². The van der Waals surface area contributed by atoms with Crippen LogP contribution in [0.15, 0.2) is 24.3 Å². The van der Waals surface area contributed by atoms with E-state index >= 15 is 0 Å². The van der Waals surface area contributed by atoms with Gasteiger partial charge in [0.15, 0.2) is 0 Å². The van der Waals surface area contributed by atoms with Gasteiger partial charge in [-0.25, -0.2) is 0 Å². The second-order valence-corrected chi connectivity index (χ2v) is 6.53.